The molecule has 4 heteroatoms. The highest BCUT2D eigenvalue weighted by Crippen LogP contribution is 2.24. The fourth-order valence-electron chi connectivity index (χ4n) is 1.68. The highest BCUT2D eigenvalue weighted by atomic mass is 127. The number of hydrogen-bond acceptors (Lipinski definition) is 3. The lowest BCUT2D eigenvalue weighted by Crippen LogP contribution is -2.00. The number of benzene rings is 2. The van der Waals surface area contributed by atoms with Crippen molar-refractivity contribution in [1.29, 1.82) is 5.26 Å². The Balaban J connectivity index is 2.19. The van der Waals surface area contributed by atoms with E-state index in [9.17, 15) is 0 Å². The van der Waals surface area contributed by atoms with Crippen LogP contribution in [0.2, 0.25) is 0 Å². The van der Waals surface area contributed by atoms with Gasteiger partial charge in [-0.05, 0) is 52.9 Å². The molecule has 0 aliphatic rings. The molecule has 0 aliphatic carbocycles. The van der Waals surface area contributed by atoms with Crippen LogP contribution in [-0.2, 0) is 6.61 Å². The summed E-state index contributed by atoms with van der Waals surface area (Å²) in [5, 5.41) is 8.92. The van der Waals surface area contributed by atoms with E-state index in [1.807, 2.05) is 24.3 Å². The van der Waals surface area contributed by atoms with Gasteiger partial charge in [0.15, 0.2) is 0 Å². The molecule has 2 rings (SSSR count). The Kier molecular flexibility index (Phi) is 4.63. The Morgan fingerprint density at radius 1 is 1.16 bits per heavy atom. The van der Waals surface area contributed by atoms with Gasteiger partial charge in [0, 0.05) is 5.56 Å². The standard InChI is InChI=1S/C15H12INO2/c1-18-14-7-6-11(9-17)8-12(14)10-19-15-5-3-2-4-13(15)16/h2-8H,10H2,1H3. The van der Waals surface area contributed by atoms with Gasteiger partial charge in [-0.2, -0.15) is 5.26 Å². The van der Waals surface area contributed by atoms with Gasteiger partial charge in [0.05, 0.1) is 22.3 Å². The fraction of sp³-hybridized carbons (Fsp3) is 0.133. The predicted molar refractivity (Wildman–Crippen MR) is 81.2 cm³/mol. The molecular weight excluding hydrogens is 353 g/mol. The largest absolute Gasteiger partial charge is 0.496 e. The molecule has 0 saturated heterocycles. The van der Waals surface area contributed by atoms with Gasteiger partial charge in [-0.3, -0.25) is 0 Å². The predicted octanol–water partition coefficient (Wildman–Crippen LogP) is 3.75. The van der Waals surface area contributed by atoms with Crippen LogP contribution in [-0.4, -0.2) is 7.11 Å². The normalized spacial score (nSPS) is 9.74. The van der Waals surface area contributed by atoms with Crippen molar-refractivity contribution in [3.8, 4) is 17.6 Å². The second-order valence-electron chi connectivity index (χ2n) is 3.86. The van der Waals surface area contributed by atoms with Crippen molar-refractivity contribution >= 4 is 22.6 Å². The maximum absolute atomic E-state index is 8.92. The number of rotatable bonds is 4. The third-order valence-electron chi connectivity index (χ3n) is 2.63. The third kappa shape index (κ3) is 3.38. The molecule has 0 bridgehead atoms. The van der Waals surface area contributed by atoms with Gasteiger partial charge in [-0.15, -0.1) is 0 Å². The zero-order valence-electron chi connectivity index (χ0n) is 10.4. The van der Waals surface area contributed by atoms with Crippen LogP contribution in [0.5, 0.6) is 11.5 Å². The van der Waals surface area contributed by atoms with Crippen LogP contribution in [0, 0.1) is 14.9 Å². The van der Waals surface area contributed by atoms with Gasteiger partial charge in [0.2, 0.25) is 0 Å². The minimum Gasteiger partial charge on any atom is -0.496 e. The van der Waals surface area contributed by atoms with Gasteiger partial charge in [0.1, 0.15) is 18.1 Å². The van der Waals surface area contributed by atoms with Crippen LogP contribution >= 0.6 is 22.6 Å². The van der Waals surface area contributed by atoms with Crippen LogP contribution in [0.3, 0.4) is 0 Å². The molecule has 0 aliphatic heterocycles. The molecule has 3 nitrogen and oxygen atoms in total. The summed E-state index contributed by atoms with van der Waals surface area (Å²) in [4.78, 5) is 0. The molecule has 0 amide bonds. The lowest BCUT2D eigenvalue weighted by Gasteiger charge is -2.11. The van der Waals surface area contributed by atoms with E-state index >= 15 is 0 Å². The number of nitrogens with zero attached hydrogens (tertiary/aromatic N) is 1. The first-order valence-corrected chi connectivity index (χ1v) is 6.77. The topological polar surface area (TPSA) is 42.2 Å². The molecule has 0 atom stereocenters. The molecule has 0 unspecified atom stereocenters. The van der Waals surface area contributed by atoms with Crippen LogP contribution in [0.1, 0.15) is 11.1 Å². The second-order valence-corrected chi connectivity index (χ2v) is 5.02. The van der Waals surface area contributed by atoms with E-state index in [2.05, 4.69) is 28.7 Å². The number of hydrogen-bond donors (Lipinski definition) is 0. The molecule has 0 heterocycles. The smallest absolute Gasteiger partial charge is 0.133 e. The summed E-state index contributed by atoms with van der Waals surface area (Å²) in [6, 6.07) is 15.2. The number of ether oxygens (including phenoxy) is 2. The first-order valence-electron chi connectivity index (χ1n) is 5.69. The molecule has 0 fully saturated rings. The van der Waals surface area contributed by atoms with E-state index in [1.54, 1.807) is 25.3 Å². The van der Waals surface area contributed by atoms with Gasteiger partial charge in [-0.1, -0.05) is 12.1 Å². The lowest BCUT2D eigenvalue weighted by molar-refractivity contribution is 0.294. The Morgan fingerprint density at radius 3 is 2.63 bits per heavy atom. The lowest BCUT2D eigenvalue weighted by atomic mass is 10.1. The molecule has 96 valence electrons. The van der Waals surface area contributed by atoms with Crippen molar-refractivity contribution in [3.63, 3.8) is 0 Å². The minimum absolute atomic E-state index is 0.374. The molecule has 0 saturated carbocycles. The first kappa shape index (κ1) is 13.7. The maximum atomic E-state index is 8.92. The molecule has 19 heavy (non-hydrogen) atoms. The molecule has 0 aromatic heterocycles. The quantitative estimate of drug-likeness (QED) is 0.775. The van der Waals surface area contributed by atoms with E-state index in [4.69, 9.17) is 14.7 Å². The zero-order chi connectivity index (χ0) is 13.7. The summed E-state index contributed by atoms with van der Waals surface area (Å²) in [5.74, 6) is 1.55. The number of methoxy groups -OCH3 is 1. The van der Waals surface area contributed by atoms with Crippen molar-refractivity contribution in [3.05, 3.63) is 57.2 Å². The van der Waals surface area contributed by atoms with Crippen molar-refractivity contribution in [1.82, 2.24) is 0 Å². The van der Waals surface area contributed by atoms with Gasteiger partial charge >= 0.3 is 0 Å². The van der Waals surface area contributed by atoms with Gasteiger partial charge < -0.3 is 9.47 Å². The van der Waals surface area contributed by atoms with Crippen molar-refractivity contribution in [2.75, 3.05) is 7.11 Å². The van der Waals surface area contributed by atoms with Gasteiger partial charge in [0.25, 0.3) is 0 Å². The minimum atomic E-state index is 0.374. The van der Waals surface area contributed by atoms with Crippen LogP contribution in [0.15, 0.2) is 42.5 Å². The van der Waals surface area contributed by atoms with Crippen LogP contribution < -0.4 is 9.47 Å². The van der Waals surface area contributed by atoms with E-state index < -0.39 is 0 Å². The Bertz CT molecular complexity index is 620. The number of halogens is 1. The van der Waals surface area contributed by atoms with Crippen LogP contribution in [0.25, 0.3) is 0 Å². The molecule has 0 radical (unpaired) electrons. The molecule has 0 spiro atoms. The van der Waals surface area contributed by atoms with E-state index in [1.165, 1.54) is 0 Å². The zero-order valence-corrected chi connectivity index (χ0v) is 12.5. The Labute approximate surface area is 125 Å². The van der Waals surface area contributed by atoms with E-state index in [-0.39, 0.29) is 0 Å². The maximum Gasteiger partial charge on any atom is 0.133 e. The average molecular weight is 365 g/mol. The number of para-hydroxylation sites is 1. The first-order chi connectivity index (χ1) is 9.24. The van der Waals surface area contributed by atoms with Crippen LogP contribution in [0.4, 0.5) is 0 Å². The highest BCUT2D eigenvalue weighted by molar-refractivity contribution is 14.1. The summed E-state index contributed by atoms with van der Waals surface area (Å²) in [5.41, 5.74) is 1.46. The van der Waals surface area contributed by atoms with Crippen molar-refractivity contribution in [2.45, 2.75) is 6.61 Å². The Hall–Kier alpha value is -1.74. The third-order valence-corrected chi connectivity index (χ3v) is 3.52. The summed E-state index contributed by atoms with van der Waals surface area (Å²) < 4.78 is 12.1. The summed E-state index contributed by atoms with van der Waals surface area (Å²) in [6.45, 7) is 0.374. The SMILES string of the molecule is COc1ccc(C#N)cc1COc1ccccc1I. The molecular formula is C15H12INO2. The second kappa shape index (κ2) is 6.43. The van der Waals surface area contributed by atoms with Crippen molar-refractivity contribution in [2.24, 2.45) is 0 Å². The van der Waals surface area contributed by atoms with E-state index in [0.29, 0.717) is 12.2 Å². The Morgan fingerprint density at radius 2 is 1.95 bits per heavy atom. The fourth-order valence-corrected chi connectivity index (χ4v) is 2.22. The number of nitriles is 1. The summed E-state index contributed by atoms with van der Waals surface area (Å²) in [7, 11) is 1.61. The molecule has 2 aromatic rings. The summed E-state index contributed by atoms with van der Waals surface area (Å²) >= 11 is 2.23. The molecule has 2 aromatic carbocycles. The summed E-state index contributed by atoms with van der Waals surface area (Å²) in [6.07, 6.45) is 0. The van der Waals surface area contributed by atoms with Crippen molar-refractivity contribution < 1.29 is 9.47 Å². The highest BCUT2D eigenvalue weighted by Gasteiger charge is 2.06. The van der Waals surface area contributed by atoms with Gasteiger partial charge in [-0.25, -0.2) is 0 Å². The monoisotopic (exact) mass is 365 g/mol. The molecule has 0 N–H and O–H groups in total. The average Bonchev–Trinajstić information content (AvgIpc) is 2.46. The van der Waals surface area contributed by atoms with E-state index in [0.717, 1.165) is 20.6 Å².